The summed E-state index contributed by atoms with van der Waals surface area (Å²) < 4.78 is 5.10. The molecule has 0 radical (unpaired) electrons. The van der Waals surface area contributed by atoms with E-state index in [1.165, 1.54) is 13.2 Å². The summed E-state index contributed by atoms with van der Waals surface area (Å²) in [5.74, 6) is -0.500. The molecule has 0 aliphatic rings. The SMILES string of the molecule is COc1ccc(Nc2ccc(N(C)c3ccccc3)cc2)c(C(=O)O)c1. The van der Waals surface area contributed by atoms with Gasteiger partial charge in [-0.3, -0.25) is 0 Å². The van der Waals surface area contributed by atoms with Gasteiger partial charge in [-0.15, -0.1) is 0 Å². The summed E-state index contributed by atoms with van der Waals surface area (Å²) in [4.78, 5) is 13.6. The molecule has 0 aliphatic heterocycles. The van der Waals surface area contributed by atoms with E-state index in [0.717, 1.165) is 17.1 Å². The average Bonchev–Trinajstić information content (AvgIpc) is 2.69. The van der Waals surface area contributed by atoms with Crippen LogP contribution in [0.4, 0.5) is 22.7 Å². The van der Waals surface area contributed by atoms with Gasteiger partial charge in [0, 0.05) is 24.1 Å². The van der Waals surface area contributed by atoms with Crippen LogP contribution in [0.15, 0.2) is 72.8 Å². The Morgan fingerprint density at radius 1 is 0.962 bits per heavy atom. The van der Waals surface area contributed by atoms with E-state index in [1.54, 1.807) is 12.1 Å². The summed E-state index contributed by atoms with van der Waals surface area (Å²) >= 11 is 0. The molecular formula is C21H20N2O3. The van der Waals surface area contributed by atoms with Crippen molar-refractivity contribution in [2.45, 2.75) is 0 Å². The molecule has 0 spiro atoms. The fraction of sp³-hybridized carbons (Fsp3) is 0.0952. The Hall–Kier alpha value is -3.47. The molecule has 0 heterocycles. The third-order valence-electron chi connectivity index (χ3n) is 4.13. The number of nitrogens with one attached hydrogen (secondary N) is 1. The first kappa shape index (κ1) is 17.4. The van der Waals surface area contributed by atoms with E-state index in [1.807, 2.05) is 61.6 Å². The largest absolute Gasteiger partial charge is 0.497 e. The Morgan fingerprint density at radius 3 is 2.23 bits per heavy atom. The Bertz CT molecular complexity index is 893. The van der Waals surface area contributed by atoms with Crippen molar-refractivity contribution in [3.8, 4) is 5.75 Å². The van der Waals surface area contributed by atoms with Gasteiger partial charge in [-0.1, -0.05) is 18.2 Å². The van der Waals surface area contributed by atoms with Crippen LogP contribution < -0.4 is 15.0 Å². The van der Waals surface area contributed by atoms with Gasteiger partial charge in [0.05, 0.1) is 18.4 Å². The highest BCUT2D eigenvalue weighted by atomic mass is 16.5. The Balaban J connectivity index is 1.81. The molecule has 0 amide bonds. The molecule has 0 bridgehead atoms. The van der Waals surface area contributed by atoms with Gasteiger partial charge in [0.1, 0.15) is 5.75 Å². The van der Waals surface area contributed by atoms with Crippen LogP contribution in [0.1, 0.15) is 10.4 Å². The molecular weight excluding hydrogens is 328 g/mol. The van der Waals surface area contributed by atoms with Gasteiger partial charge in [0.25, 0.3) is 0 Å². The summed E-state index contributed by atoms with van der Waals surface area (Å²) in [5.41, 5.74) is 3.62. The standard InChI is InChI=1S/C21H20N2O3/c1-23(16-6-4-3-5-7-16)17-10-8-15(9-11-17)22-20-13-12-18(26-2)14-19(20)21(24)25/h3-14,22H,1-2H3,(H,24,25). The zero-order valence-corrected chi connectivity index (χ0v) is 14.6. The molecule has 26 heavy (non-hydrogen) atoms. The Morgan fingerprint density at radius 2 is 1.62 bits per heavy atom. The molecule has 3 rings (SSSR count). The summed E-state index contributed by atoms with van der Waals surface area (Å²) in [7, 11) is 3.51. The quantitative estimate of drug-likeness (QED) is 0.663. The normalized spacial score (nSPS) is 10.2. The van der Waals surface area contributed by atoms with Gasteiger partial charge in [-0.25, -0.2) is 4.79 Å². The third kappa shape index (κ3) is 3.78. The van der Waals surface area contributed by atoms with Gasteiger partial charge in [-0.05, 0) is 54.6 Å². The molecule has 0 atom stereocenters. The number of methoxy groups -OCH3 is 1. The van der Waals surface area contributed by atoms with E-state index >= 15 is 0 Å². The van der Waals surface area contributed by atoms with E-state index in [9.17, 15) is 9.90 Å². The lowest BCUT2D eigenvalue weighted by molar-refractivity contribution is 0.0697. The zero-order chi connectivity index (χ0) is 18.5. The molecule has 0 unspecified atom stereocenters. The molecule has 5 heteroatoms. The number of anilines is 4. The number of para-hydroxylation sites is 1. The maximum absolute atomic E-state index is 11.5. The van der Waals surface area contributed by atoms with Gasteiger partial charge >= 0.3 is 5.97 Å². The highest BCUT2D eigenvalue weighted by molar-refractivity contribution is 5.95. The Labute approximate surface area is 152 Å². The molecule has 0 aliphatic carbocycles. The van der Waals surface area contributed by atoms with Crippen molar-refractivity contribution in [3.05, 3.63) is 78.4 Å². The lowest BCUT2D eigenvalue weighted by atomic mass is 10.1. The Kier molecular flexibility index (Phi) is 5.08. The average molecular weight is 348 g/mol. The number of aromatic carboxylic acids is 1. The fourth-order valence-electron chi connectivity index (χ4n) is 2.66. The topological polar surface area (TPSA) is 61.8 Å². The maximum atomic E-state index is 11.5. The van der Waals surface area contributed by atoms with E-state index < -0.39 is 5.97 Å². The zero-order valence-electron chi connectivity index (χ0n) is 14.6. The number of ether oxygens (including phenoxy) is 1. The van der Waals surface area contributed by atoms with Crippen molar-refractivity contribution in [1.82, 2.24) is 0 Å². The minimum atomic E-state index is -1.01. The first-order valence-electron chi connectivity index (χ1n) is 8.15. The smallest absolute Gasteiger partial charge is 0.337 e. The first-order valence-corrected chi connectivity index (χ1v) is 8.15. The fourth-order valence-corrected chi connectivity index (χ4v) is 2.66. The molecule has 132 valence electrons. The van der Waals surface area contributed by atoms with Crippen molar-refractivity contribution >= 4 is 28.7 Å². The molecule has 3 aromatic rings. The van der Waals surface area contributed by atoms with Gasteiger partial charge in [0.2, 0.25) is 0 Å². The van der Waals surface area contributed by atoms with Crippen molar-refractivity contribution in [2.24, 2.45) is 0 Å². The number of nitrogens with zero attached hydrogens (tertiary/aromatic N) is 1. The van der Waals surface area contributed by atoms with Gasteiger partial charge in [-0.2, -0.15) is 0 Å². The number of rotatable bonds is 6. The van der Waals surface area contributed by atoms with E-state index in [2.05, 4.69) is 10.2 Å². The first-order chi connectivity index (χ1) is 12.6. The number of carboxylic acids is 1. The van der Waals surface area contributed by atoms with Crippen LogP contribution in [0.5, 0.6) is 5.75 Å². The molecule has 0 fully saturated rings. The minimum absolute atomic E-state index is 0.162. The van der Waals surface area contributed by atoms with Crippen molar-refractivity contribution in [2.75, 3.05) is 24.4 Å². The highest BCUT2D eigenvalue weighted by Gasteiger charge is 2.12. The number of hydrogen-bond donors (Lipinski definition) is 2. The minimum Gasteiger partial charge on any atom is -0.497 e. The highest BCUT2D eigenvalue weighted by Crippen LogP contribution is 2.28. The van der Waals surface area contributed by atoms with Crippen LogP contribution in [0.25, 0.3) is 0 Å². The van der Waals surface area contributed by atoms with Crippen molar-refractivity contribution in [1.29, 1.82) is 0 Å². The number of benzene rings is 3. The number of carboxylic acid groups (broad SMARTS) is 1. The monoisotopic (exact) mass is 348 g/mol. The lowest BCUT2D eigenvalue weighted by Crippen LogP contribution is -2.09. The van der Waals surface area contributed by atoms with Crippen LogP contribution in [-0.4, -0.2) is 25.2 Å². The second kappa shape index (κ2) is 7.61. The van der Waals surface area contributed by atoms with Gasteiger partial charge in [0.15, 0.2) is 0 Å². The molecule has 2 N–H and O–H groups in total. The van der Waals surface area contributed by atoms with Crippen LogP contribution >= 0.6 is 0 Å². The molecule has 0 saturated heterocycles. The van der Waals surface area contributed by atoms with Crippen LogP contribution in [0.3, 0.4) is 0 Å². The summed E-state index contributed by atoms with van der Waals surface area (Å²) in [5, 5.41) is 12.6. The number of carbonyl (C=O) groups is 1. The van der Waals surface area contributed by atoms with E-state index in [-0.39, 0.29) is 5.56 Å². The van der Waals surface area contributed by atoms with Gasteiger partial charge < -0.3 is 20.1 Å². The molecule has 0 saturated carbocycles. The summed E-state index contributed by atoms with van der Waals surface area (Å²) in [6, 6.07) is 22.8. The predicted octanol–water partition coefficient (Wildman–Crippen LogP) is 4.90. The molecule has 5 nitrogen and oxygen atoms in total. The van der Waals surface area contributed by atoms with E-state index in [4.69, 9.17) is 4.74 Å². The van der Waals surface area contributed by atoms with Crippen LogP contribution in [0.2, 0.25) is 0 Å². The third-order valence-corrected chi connectivity index (χ3v) is 4.13. The van der Waals surface area contributed by atoms with Crippen LogP contribution in [-0.2, 0) is 0 Å². The lowest BCUT2D eigenvalue weighted by Gasteiger charge is -2.20. The maximum Gasteiger partial charge on any atom is 0.337 e. The second-order valence-electron chi connectivity index (χ2n) is 5.78. The molecule has 0 aromatic heterocycles. The van der Waals surface area contributed by atoms with Crippen LogP contribution in [0, 0.1) is 0 Å². The summed E-state index contributed by atoms with van der Waals surface area (Å²) in [6.45, 7) is 0. The van der Waals surface area contributed by atoms with E-state index in [0.29, 0.717) is 11.4 Å². The predicted molar refractivity (Wildman–Crippen MR) is 104 cm³/mol. The second-order valence-corrected chi connectivity index (χ2v) is 5.78. The number of hydrogen-bond acceptors (Lipinski definition) is 4. The molecule has 3 aromatic carbocycles. The van der Waals surface area contributed by atoms with Crippen molar-refractivity contribution in [3.63, 3.8) is 0 Å². The van der Waals surface area contributed by atoms with Crippen molar-refractivity contribution < 1.29 is 14.6 Å². The summed E-state index contributed by atoms with van der Waals surface area (Å²) in [6.07, 6.45) is 0.